The van der Waals surface area contributed by atoms with E-state index in [1.54, 1.807) is 0 Å². The van der Waals surface area contributed by atoms with Gasteiger partial charge in [-0.05, 0) is 49.4 Å². The van der Waals surface area contributed by atoms with Gasteiger partial charge in [-0.2, -0.15) is 13.2 Å². The Balaban J connectivity index is 2.30. The monoisotopic (exact) mass is 304 g/mol. The summed E-state index contributed by atoms with van der Waals surface area (Å²) in [5.74, 6) is -0.445. The SMILES string of the molecule is CCC(N)Cc1cc(F)ccc1N(CC(F)(F)F)C1CC1. The molecule has 0 aromatic heterocycles. The highest BCUT2D eigenvalue weighted by atomic mass is 19.4. The summed E-state index contributed by atoms with van der Waals surface area (Å²) in [4.78, 5) is 1.34. The van der Waals surface area contributed by atoms with Crippen molar-refractivity contribution in [2.24, 2.45) is 5.73 Å². The number of rotatable bonds is 6. The molecule has 2 N–H and O–H groups in total. The lowest BCUT2D eigenvalue weighted by Gasteiger charge is -2.28. The number of benzene rings is 1. The molecule has 0 heterocycles. The molecule has 1 unspecified atom stereocenters. The Labute approximate surface area is 121 Å². The van der Waals surface area contributed by atoms with Crippen molar-refractivity contribution >= 4 is 5.69 Å². The molecule has 118 valence electrons. The van der Waals surface area contributed by atoms with Crippen LogP contribution < -0.4 is 10.6 Å². The zero-order valence-corrected chi connectivity index (χ0v) is 12.0. The molecule has 1 aromatic rings. The van der Waals surface area contributed by atoms with Crippen LogP contribution in [-0.2, 0) is 6.42 Å². The molecular weight excluding hydrogens is 284 g/mol. The third-order valence-electron chi connectivity index (χ3n) is 3.69. The lowest BCUT2D eigenvalue weighted by atomic mass is 10.0. The van der Waals surface area contributed by atoms with Crippen molar-refractivity contribution in [3.05, 3.63) is 29.6 Å². The van der Waals surface area contributed by atoms with Crippen molar-refractivity contribution in [3.63, 3.8) is 0 Å². The van der Waals surface area contributed by atoms with Crippen molar-refractivity contribution in [3.8, 4) is 0 Å². The van der Waals surface area contributed by atoms with Crippen molar-refractivity contribution in [1.82, 2.24) is 0 Å². The summed E-state index contributed by atoms with van der Waals surface area (Å²) in [5, 5.41) is 0. The average molecular weight is 304 g/mol. The number of nitrogens with zero attached hydrogens (tertiary/aromatic N) is 1. The Kier molecular flexibility index (Phi) is 4.76. The van der Waals surface area contributed by atoms with Gasteiger partial charge in [0.15, 0.2) is 0 Å². The fourth-order valence-electron chi connectivity index (χ4n) is 2.41. The van der Waals surface area contributed by atoms with Gasteiger partial charge in [0.1, 0.15) is 12.4 Å². The van der Waals surface area contributed by atoms with Crippen molar-refractivity contribution < 1.29 is 17.6 Å². The molecule has 1 saturated carbocycles. The summed E-state index contributed by atoms with van der Waals surface area (Å²) in [5.41, 5.74) is 6.89. The van der Waals surface area contributed by atoms with Gasteiger partial charge in [0, 0.05) is 17.8 Å². The summed E-state index contributed by atoms with van der Waals surface area (Å²) < 4.78 is 51.8. The van der Waals surface area contributed by atoms with Gasteiger partial charge in [-0.1, -0.05) is 6.92 Å². The smallest absolute Gasteiger partial charge is 0.359 e. The highest BCUT2D eigenvalue weighted by Crippen LogP contribution is 2.36. The molecule has 1 fully saturated rings. The van der Waals surface area contributed by atoms with Crippen LogP contribution in [-0.4, -0.2) is 24.8 Å². The minimum atomic E-state index is -4.28. The van der Waals surface area contributed by atoms with E-state index in [0.29, 0.717) is 24.1 Å². The second kappa shape index (κ2) is 6.22. The van der Waals surface area contributed by atoms with Gasteiger partial charge in [-0.25, -0.2) is 4.39 Å². The summed E-state index contributed by atoms with van der Waals surface area (Å²) in [6, 6.07) is 3.67. The molecule has 1 atom stereocenters. The zero-order valence-electron chi connectivity index (χ0n) is 12.0. The third kappa shape index (κ3) is 4.59. The van der Waals surface area contributed by atoms with Gasteiger partial charge in [0.25, 0.3) is 0 Å². The van der Waals surface area contributed by atoms with Gasteiger partial charge in [-0.15, -0.1) is 0 Å². The number of nitrogens with two attached hydrogens (primary N) is 1. The fourth-order valence-corrected chi connectivity index (χ4v) is 2.41. The molecule has 21 heavy (non-hydrogen) atoms. The molecule has 1 aromatic carbocycles. The minimum absolute atomic E-state index is 0.103. The first-order valence-corrected chi connectivity index (χ1v) is 7.17. The van der Waals surface area contributed by atoms with E-state index in [1.807, 2.05) is 6.92 Å². The Morgan fingerprint density at radius 2 is 2.00 bits per heavy atom. The van der Waals surface area contributed by atoms with E-state index in [-0.39, 0.29) is 12.1 Å². The second-order valence-electron chi connectivity index (χ2n) is 5.62. The van der Waals surface area contributed by atoms with Crippen LogP contribution in [0.25, 0.3) is 0 Å². The molecule has 1 aliphatic carbocycles. The van der Waals surface area contributed by atoms with Crippen molar-refractivity contribution in [1.29, 1.82) is 0 Å². The predicted octanol–water partition coefficient (Wildman–Crippen LogP) is 3.64. The van der Waals surface area contributed by atoms with Crippen LogP contribution in [0, 0.1) is 5.82 Å². The van der Waals surface area contributed by atoms with Gasteiger partial charge < -0.3 is 10.6 Å². The van der Waals surface area contributed by atoms with E-state index < -0.39 is 18.5 Å². The third-order valence-corrected chi connectivity index (χ3v) is 3.69. The Morgan fingerprint density at radius 1 is 1.33 bits per heavy atom. The molecule has 2 rings (SSSR count). The van der Waals surface area contributed by atoms with Crippen LogP contribution in [0.15, 0.2) is 18.2 Å². The molecule has 0 saturated heterocycles. The Bertz CT molecular complexity index is 483. The van der Waals surface area contributed by atoms with E-state index >= 15 is 0 Å². The summed E-state index contributed by atoms with van der Waals surface area (Å²) in [6.45, 7) is 0.898. The largest absolute Gasteiger partial charge is 0.405 e. The molecule has 0 radical (unpaired) electrons. The number of anilines is 1. The average Bonchev–Trinajstić information content (AvgIpc) is 3.19. The van der Waals surface area contributed by atoms with Gasteiger partial charge in [0.05, 0.1) is 0 Å². The molecule has 6 heteroatoms. The second-order valence-corrected chi connectivity index (χ2v) is 5.62. The number of alkyl halides is 3. The Morgan fingerprint density at radius 3 is 2.52 bits per heavy atom. The molecule has 1 aliphatic rings. The van der Waals surface area contributed by atoms with E-state index in [4.69, 9.17) is 5.73 Å². The van der Waals surface area contributed by atoms with Crippen LogP contribution in [0.3, 0.4) is 0 Å². The summed E-state index contributed by atoms with van der Waals surface area (Å²) in [6.07, 6.45) is -1.72. The van der Waals surface area contributed by atoms with Crippen molar-refractivity contribution in [2.45, 2.75) is 50.9 Å². The molecular formula is C15H20F4N2. The first-order chi connectivity index (χ1) is 9.80. The lowest BCUT2D eigenvalue weighted by molar-refractivity contribution is -0.120. The highest BCUT2D eigenvalue weighted by Gasteiger charge is 2.39. The van der Waals surface area contributed by atoms with Crippen LogP contribution >= 0.6 is 0 Å². The molecule has 2 nitrogen and oxygen atoms in total. The number of hydrogen-bond donors (Lipinski definition) is 1. The van der Waals surface area contributed by atoms with E-state index in [9.17, 15) is 17.6 Å². The topological polar surface area (TPSA) is 29.3 Å². The zero-order chi connectivity index (χ0) is 15.6. The Hall–Kier alpha value is -1.30. The van der Waals surface area contributed by atoms with E-state index in [2.05, 4.69) is 0 Å². The van der Waals surface area contributed by atoms with E-state index in [0.717, 1.165) is 12.8 Å². The summed E-state index contributed by atoms with van der Waals surface area (Å²) in [7, 11) is 0. The maximum atomic E-state index is 13.4. The first-order valence-electron chi connectivity index (χ1n) is 7.17. The van der Waals surface area contributed by atoms with E-state index in [1.165, 1.54) is 23.1 Å². The van der Waals surface area contributed by atoms with Crippen LogP contribution in [0.1, 0.15) is 31.7 Å². The molecule has 0 spiro atoms. The fraction of sp³-hybridized carbons (Fsp3) is 0.600. The lowest BCUT2D eigenvalue weighted by Crippen LogP contribution is -2.37. The highest BCUT2D eigenvalue weighted by molar-refractivity contribution is 5.56. The molecule has 0 bridgehead atoms. The minimum Gasteiger partial charge on any atom is -0.359 e. The van der Waals surface area contributed by atoms with Crippen LogP contribution in [0.2, 0.25) is 0 Å². The quantitative estimate of drug-likeness (QED) is 0.813. The maximum Gasteiger partial charge on any atom is 0.405 e. The molecule has 0 amide bonds. The van der Waals surface area contributed by atoms with Gasteiger partial charge >= 0.3 is 6.18 Å². The number of hydrogen-bond acceptors (Lipinski definition) is 2. The van der Waals surface area contributed by atoms with Crippen molar-refractivity contribution in [2.75, 3.05) is 11.4 Å². The van der Waals surface area contributed by atoms with Gasteiger partial charge in [0.2, 0.25) is 0 Å². The normalized spacial score (nSPS) is 16.9. The van der Waals surface area contributed by atoms with Crippen LogP contribution in [0.5, 0.6) is 0 Å². The molecule has 0 aliphatic heterocycles. The number of halogens is 4. The standard InChI is InChI=1S/C15H20F4N2/c1-2-12(20)8-10-7-11(16)3-6-14(10)21(13-4-5-13)9-15(17,18)19/h3,6-7,12-13H,2,4-5,8-9,20H2,1H3. The maximum absolute atomic E-state index is 13.4. The van der Waals surface area contributed by atoms with Gasteiger partial charge in [-0.3, -0.25) is 0 Å². The predicted molar refractivity (Wildman–Crippen MR) is 74.8 cm³/mol. The summed E-state index contributed by atoms with van der Waals surface area (Å²) >= 11 is 0. The first kappa shape index (κ1) is 16.1. The van der Waals surface area contributed by atoms with Crippen LogP contribution in [0.4, 0.5) is 23.2 Å².